The number of ether oxygens (including phenoxy) is 1. The van der Waals surface area contributed by atoms with Gasteiger partial charge in [0, 0.05) is 21.1 Å². The van der Waals surface area contributed by atoms with Gasteiger partial charge in [-0.05, 0) is 49.4 Å². The third kappa shape index (κ3) is 4.73. The summed E-state index contributed by atoms with van der Waals surface area (Å²) in [5.41, 5.74) is 2.22. The molecule has 1 unspecified atom stereocenters. The van der Waals surface area contributed by atoms with Crippen molar-refractivity contribution in [1.29, 1.82) is 0 Å². The molecule has 0 fully saturated rings. The molecule has 1 atom stereocenters. The van der Waals surface area contributed by atoms with Crippen molar-refractivity contribution in [1.82, 2.24) is 5.32 Å². The Morgan fingerprint density at radius 3 is 2.57 bits per heavy atom. The molecule has 0 heterocycles. The van der Waals surface area contributed by atoms with E-state index in [1.165, 1.54) is 0 Å². The maximum atomic E-state index is 6.11. The Balaban J connectivity index is 2.13. The van der Waals surface area contributed by atoms with Gasteiger partial charge in [0.25, 0.3) is 0 Å². The van der Waals surface area contributed by atoms with E-state index in [-0.39, 0.29) is 6.04 Å². The number of hydrogen-bond acceptors (Lipinski definition) is 2. The van der Waals surface area contributed by atoms with Crippen LogP contribution in [0.5, 0.6) is 5.75 Å². The van der Waals surface area contributed by atoms with Crippen molar-refractivity contribution in [2.45, 2.75) is 26.5 Å². The fourth-order valence-corrected chi connectivity index (χ4v) is 2.59. The molecule has 2 aromatic rings. The first-order chi connectivity index (χ1) is 10.1. The summed E-state index contributed by atoms with van der Waals surface area (Å²) in [6.07, 6.45) is 0. The van der Waals surface area contributed by atoms with E-state index in [1.54, 1.807) is 0 Å². The van der Waals surface area contributed by atoms with Gasteiger partial charge >= 0.3 is 0 Å². The van der Waals surface area contributed by atoms with Crippen LogP contribution >= 0.6 is 27.5 Å². The van der Waals surface area contributed by atoms with Crippen molar-refractivity contribution >= 4 is 27.5 Å². The van der Waals surface area contributed by atoms with E-state index in [1.807, 2.05) is 42.5 Å². The lowest BCUT2D eigenvalue weighted by atomic mass is 10.1. The second-order valence-corrected chi connectivity index (χ2v) is 6.23. The fraction of sp³-hybridized carbons (Fsp3) is 0.294. The Bertz CT molecular complexity index is 586. The molecule has 112 valence electrons. The molecule has 0 aliphatic heterocycles. The molecule has 2 nitrogen and oxygen atoms in total. The highest BCUT2D eigenvalue weighted by Gasteiger charge is 2.11. The zero-order valence-corrected chi connectivity index (χ0v) is 14.5. The maximum Gasteiger partial charge on any atom is 0.124 e. The molecule has 2 aromatic carbocycles. The van der Waals surface area contributed by atoms with Gasteiger partial charge in [-0.3, -0.25) is 0 Å². The number of nitrogens with one attached hydrogen (secondary N) is 1. The third-order valence-corrected chi connectivity index (χ3v) is 4.02. The molecule has 1 N–H and O–H groups in total. The van der Waals surface area contributed by atoms with Crippen LogP contribution < -0.4 is 10.1 Å². The molecular formula is C17H19BrClNO. The summed E-state index contributed by atoms with van der Waals surface area (Å²) < 4.78 is 7.04. The molecule has 21 heavy (non-hydrogen) atoms. The van der Waals surface area contributed by atoms with Gasteiger partial charge < -0.3 is 10.1 Å². The molecule has 2 rings (SSSR count). The first-order valence-corrected chi connectivity index (χ1v) is 8.17. The lowest BCUT2D eigenvalue weighted by molar-refractivity contribution is 0.300. The van der Waals surface area contributed by atoms with Crippen LogP contribution in [0.15, 0.2) is 46.9 Å². The SMILES string of the molecule is CCNC(C)c1cc(Cl)ccc1OCc1ccc(Br)cc1. The topological polar surface area (TPSA) is 21.3 Å². The fourth-order valence-electron chi connectivity index (χ4n) is 2.15. The molecule has 0 spiro atoms. The monoisotopic (exact) mass is 367 g/mol. The van der Waals surface area contributed by atoms with Gasteiger partial charge in [0.2, 0.25) is 0 Å². The summed E-state index contributed by atoms with van der Waals surface area (Å²) in [4.78, 5) is 0. The van der Waals surface area contributed by atoms with Gasteiger partial charge in [-0.1, -0.05) is 46.6 Å². The van der Waals surface area contributed by atoms with E-state index in [0.29, 0.717) is 6.61 Å². The van der Waals surface area contributed by atoms with Crippen LogP contribution in [0.2, 0.25) is 5.02 Å². The average Bonchev–Trinajstić information content (AvgIpc) is 2.48. The molecule has 0 radical (unpaired) electrons. The maximum absolute atomic E-state index is 6.11. The largest absolute Gasteiger partial charge is 0.489 e. The first-order valence-electron chi connectivity index (χ1n) is 7.00. The normalized spacial score (nSPS) is 12.2. The van der Waals surface area contributed by atoms with E-state index < -0.39 is 0 Å². The Labute approximate surface area is 139 Å². The minimum Gasteiger partial charge on any atom is -0.489 e. The van der Waals surface area contributed by atoms with Gasteiger partial charge in [0.1, 0.15) is 12.4 Å². The van der Waals surface area contributed by atoms with Gasteiger partial charge in [0.05, 0.1) is 0 Å². The van der Waals surface area contributed by atoms with E-state index in [9.17, 15) is 0 Å². The Morgan fingerprint density at radius 1 is 1.19 bits per heavy atom. The van der Waals surface area contributed by atoms with Gasteiger partial charge in [-0.2, -0.15) is 0 Å². The number of hydrogen-bond donors (Lipinski definition) is 1. The van der Waals surface area contributed by atoms with Crippen LogP contribution in [-0.4, -0.2) is 6.54 Å². The minimum atomic E-state index is 0.202. The second-order valence-electron chi connectivity index (χ2n) is 4.88. The van der Waals surface area contributed by atoms with Crippen LogP contribution in [0.3, 0.4) is 0 Å². The Hall–Kier alpha value is -1.03. The zero-order valence-electron chi connectivity index (χ0n) is 12.2. The number of benzene rings is 2. The molecule has 4 heteroatoms. The number of rotatable bonds is 6. The molecule has 0 saturated carbocycles. The summed E-state index contributed by atoms with van der Waals surface area (Å²) in [6.45, 7) is 5.64. The van der Waals surface area contributed by atoms with E-state index >= 15 is 0 Å². The highest BCUT2D eigenvalue weighted by molar-refractivity contribution is 9.10. The molecule has 0 amide bonds. The van der Waals surface area contributed by atoms with Gasteiger partial charge in [-0.15, -0.1) is 0 Å². The molecule has 0 aliphatic rings. The van der Waals surface area contributed by atoms with Crippen LogP contribution in [0.25, 0.3) is 0 Å². The second kappa shape index (κ2) is 7.83. The summed E-state index contributed by atoms with van der Waals surface area (Å²) >= 11 is 9.54. The van der Waals surface area contributed by atoms with Gasteiger partial charge in [0.15, 0.2) is 0 Å². The lowest BCUT2D eigenvalue weighted by Gasteiger charge is -2.18. The van der Waals surface area contributed by atoms with E-state index in [0.717, 1.165) is 32.9 Å². The number of halogens is 2. The lowest BCUT2D eigenvalue weighted by Crippen LogP contribution is -2.18. The smallest absolute Gasteiger partial charge is 0.124 e. The molecule has 0 aliphatic carbocycles. The third-order valence-electron chi connectivity index (χ3n) is 3.26. The van der Waals surface area contributed by atoms with E-state index in [2.05, 4.69) is 35.1 Å². The molecule has 0 bridgehead atoms. The van der Waals surface area contributed by atoms with Crippen LogP contribution in [0.4, 0.5) is 0 Å². The van der Waals surface area contributed by atoms with Crippen molar-refractivity contribution in [3.05, 3.63) is 63.1 Å². The highest BCUT2D eigenvalue weighted by atomic mass is 79.9. The van der Waals surface area contributed by atoms with Crippen molar-refractivity contribution in [2.24, 2.45) is 0 Å². The van der Waals surface area contributed by atoms with Crippen molar-refractivity contribution in [3.63, 3.8) is 0 Å². The Morgan fingerprint density at radius 2 is 1.90 bits per heavy atom. The summed E-state index contributed by atoms with van der Waals surface area (Å²) in [7, 11) is 0. The van der Waals surface area contributed by atoms with Crippen LogP contribution in [0, 0.1) is 0 Å². The Kier molecular flexibility index (Phi) is 6.09. The summed E-state index contributed by atoms with van der Waals surface area (Å²) in [5.74, 6) is 0.871. The van der Waals surface area contributed by atoms with E-state index in [4.69, 9.17) is 16.3 Å². The average molecular weight is 369 g/mol. The predicted octanol–water partition coefficient (Wildman–Crippen LogP) is 5.35. The molecular weight excluding hydrogens is 350 g/mol. The predicted molar refractivity (Wildman–Crippen MR) is 92.0 cm³/mol. The zero-order chi connectivity index (χ0) is 15.2. The summed E-state index contributed by atoms with van der Waals surface area (Å²) in [6, 6.07) is 14.1. The van der Waals surface area contributed by atoms with Gasteiger partial charge in [-0.25, -0.2) is 0 Å². The first kappa shape index (κ1) is 16.3. The molecule has 0 saturated heterocycles. The summed E-state index contributed by atoms with van der Waals surface area (Å²) in [5, 5.41) is 4.12. The molecule has 0 aromatic heterocycles. The quantitative estimate of drug-likeness (QED) is 0.742. The van der Waals surface area contributed by atoms with Crippen molar-refractivity contribution in [3.8, 4) is 5.75 Å². The van der Waals surface area contributed by atoms with Crippen molar-refractivity contribution in [2.75, 3.05) is 6.54 Å². The highest BCUT2D eigenvalue weighted by Crippen LogP contribution is 2.29. The van der Waals surface area contributed by atoms with Crippen molar-refractivity contribution < 1.29 is 4.74 Å². The standard InChI is InChI=1S/C17H19BrClNO/c1-3-20-12(2)16-10-15(19)8-9-17(16)21-11-13-4-6-14(18)7-5-13/h4-10,12,20H,3,11H2,1-2H3. The van der Waals surface area contributed by atoms with Crippen LogP contribution in [0.1, 0.15) is 31.0 Å². The minimum absolute atomic E-state index is 0.202. The van der Waals surface area contributed by atoms with Crippen LogP contribution in [-0.2, 0) is 6.61 Å².